The van der Waals surface area contributed by atoms with Crippen LogP contribution in [-0.4, -0.2) is 36.4 Å². The van der Waals surface area contributed by atoms with E-state index in [9.17, 15) is 9.59 Å². The maximum absolute atomic E-state index is 12.2. The summed E-state index contributed by atoms with van der Waals surface area (Å²) in [5, 5.41) is 1.15. The van der Waals surface area contributed by atoms with E-state index in [1.54, 1.807) is 23.5 Å². The summed E-state index contributed by atoms with van der Waals surface area (Å²) in [6.45, 7) is 2.14. The third-order valence-corrected chi connectivity index (χ3v) is 5.95. The van der Waals surface area contributed by atoms with E-state index < -0.39 is 5.91 Å². The van der Waals surface area contributed by atoms with Crippen LogP contribution in [0.25, 0.3) is 10.2 Å². The Hall–Kier alpha value is -2.71. The van der Waals surface area contributed by atoms with E-state index in [0.717, 1.165) is 36.5 Å². The van der Waals surface area contributed by atoms with Crippen LogP contribution in [0.3, 0.4) is 0 Å². The topological polar surface area (TPSA) is 88.7 Å². The zero-order valence-corrected chi connectivity index (χ0v) is 15.6. The monoisotopic (exact) mass is 385 g/mol. The molecule has 3 aromatic rings. The number of thiazole rings is 1. The van der Waals surface area contributed by atoms with Crippen LogP contribution in [0.15, 0.2) is 47.1 Å². The molecule has 4 rings (SSSR count). The van der Waals surface area contributed by atoms with Gasteiger partial charge in [0.05, 0.1) is 35.5 Å². The molecule has 1 aliphatic heterocycles. The van der Waals surface area contributed by atoms with Crippen LogP contribution in [0.4, 0.5) is 0 Å². The van der Waals surface area contributed by atoms with Crippen molar-refractivity contribution >= 4 is 33.4 Å². The van der Waals surface area contributed by atoms with Crippen molar-refractivity contribution in [3.05, 3.63) is 53.4 Å². The molecular formula is C19H21N4O3S+. The minimum absolute atomic E-state index is 0.163. The highest BCUT2D eigenvalue weighted by atomic mass is 32.1. The molecule has 0 bridgehead atoms. The number of furan rings is 1. The normalized spacial score (nSPS) is 19.7. The standard InChI is InChI=1S/C19H20N4O3S/c24-17(21-22-18(25)15-7-4-10-26-15)12-23-9-3-5-13(11-23)19-20-14-6-1-2-8-16(14)27-19/h1-2,4,6-8,10,13H,3,5,9,11-12H2,(H,21,24)(H,22,25)/p+1/t13-/m0/s1. The lowest BCUT2D eigenvalue weighted by Gasteiger charge is -2.28. The molecule has 3 heterocycles. The van der Waals surface area contributed by atoms with Crippen LogP contribution in [-0.2, 0) is 4.79 Å². The zero-order chi connectivity index (χ0) is 18.6. The maximum atomic E-state index is 12.2. The number of hydrogen-bond donors (Lipinski definition) is 3. The molecule has 1 aromatic carbocycles. The number of benzene rings is 1. The van der Waals surface area contributed by atoms with Crippen molar-refractivity contribution in [3.8, 4) is 0 Å². The average molecular weight is 385 g/mol. The molecule has 3 N–H and O–H groups in total. The number of hydrazine groups is 1. The molecule has 140 valence electrons. The quantitative estimate of drug-likeness (QED) is 0.587. The molecular weight excluding hydrogens is 364 g/mol. The summed E-state index contributed by atoms with van der Waals surface area (Å²) in [7, 11) is 0. The summed E-state index contributed by atoms with van der Waals surface area (Å²) >= 11 is 1.74. The Balaban J connectivity index is 1.31. The summed E-state index contributed by atoms with van der Waals surface area (Å²) in [5.41, 5.74) is 5.89. The van der Waals surface area contributed by atoms with Gasteiger partial charge in [-0.2, -0.15) is 0 Å². The first-order valence-electron chi connectivity index (χ1n) is 9.01. The van der Waals surface area contributed by atoms with Crippen molar-refractivity contribution in [2.75, 3.05) is 19.6 Å². The highest BCUT2D eigenvalue weighted by Crippen LogP contribution is 2.30. The van der Waals surface area contributed by atoms with Gasteiger partial charge in [-0.1, -0.05) is 12.1 Å². The lowest BCUT2D eigenvalue weighted by atomic mass is 9.99. The van der Waals surface area contributed by atoms with E-state index in [4.69, 9.17) is 9.40 Å². The van der Waals surface area contributed by atoms with Crippen molar-refractivity contribution < 1.29 is 18.9 Å². The van der Waals surface area contributed by atoms with Gasteiger partial charge in [-0.3, -0.25) is 20.4 Å². The Morgan fingerprint density at radius 3 is 2.93 bits per heavy atom. The minimum Gasteiger partial charge on any atom is -0.459 e. The first-order valence-corrected chi connectivity index (χ1v) is 9.82. The predicted molar refractivity (Wildman–Crippen MR) is 101 cm³/mol. The maximum Gasteiger partial charge on any atom is 0.305 e. The Labute approximate surface area is 160 Å². The van der Waals surface area contributed by atoms with E-state index in [0.29, 0.717) is 12.5 Å². The second-order valence-electron chi connectivity index (χ2n) is 6.72. The summed E-state index contributed by atoms with van der Waals surface area (Å²) < 4.78 is 6.20. The third kappa shape index (κ3) is 4.17. The zero-order valence-electron chi connectivity index (χ0n) is 14.7. The van der Waals surface area contributed by atoms with Gasteiger partial charge in [0.2, 0.25) is 0 Å². The van der Waals surface area contributed by atoms with E-state index in [-0.39, 0.29) is 11.7 Å². The molecule has 1 saturated heterocycles. The van der Waals surface area contributed by atoms with E-state index in [1.807, 2.05) is 18.2 Å². The number of nitrogens with zero attached hydrogens (tertiary/aromatic N) is 1. The fraction of sp³-hybridized carbons (Fsp3) is 0.316. The number of quaternary nitrogens is 1. The van der Waals surface area contributed by atoms with Gasteiger partial charge in [-0.25, -0.2) is 4.98 Å². The SMILES string of the molecule is O=C(C[NH+]1CCC[C@H](c2nc3ccccc3s2)C1)NNC(=O)c1ccco1. The predicted octanol–water partition coefficient (Wildman–Crippen LogP) is 1.11. The van der Waals surface area contributed by atoms with Gasteiger partial charge in [0, 0.05) is 0 Å². The number of carbonyl (C=O) groups is 2. The molecule has 2 aromatic heterocycles. The molecule has 0 saturated carbocycles. The number of fused-ring (bicyclic) bond motifs is 1. The first kappa shape index (κ1) is 17.7. The average Bonchev–Trinajstić information content (AvgIpc) is 3.36. The number of carbonyl (C=O) groups excluding carboxylic acids is 2. The van der Waals surface area contributed by atoms with E-state index >= 15 is 0 Å². The smallest absolute Gasteiger partial charge is 0.305 e. The number of rotatable bonds is 4. The van der Waals surface area contributed by atoms with E-state index in [2.05, 4.69) is 16.9 Å². The van der Waals surface area contributed by atoms with Gasteiger partial charge in [0.15, 0.2) is 12.3 Å². The van der Waals surface area contributed by atoms with Gasteiger partial charge in [-0.05, 0) is 37.1 Å². The Kier molecular flexibility index (Phi) is 5.17. The molecule has 2 atom stereocenters. The molecule has 27 heavy (non-hydrogen) atoms. The summed E-state index contributed by atoms with van der Waals surface area (Å²) in [6.07, 6.45) is 3.57. The lowest BCUT2D eigenvalue weighted by Crippen LogP contribution is -3.14. The molecule has 1 unspecified atom stereocenters. The van der Waals surface area contributed by atoms with Crippen LogP contribution in [0.2, 0.25) is 0 Å². The molecule has 7 nitrogen and oxygen atoms in total. The summed E-state index contributed by atoms with van der Waals surface area (Å²) in [6, 6.07) is 11.3. The molecule has 0 radical (unpaired) electrons. The third-order valence-electron chi connectivity index (χ3n) is 4.75. The number of aromatic nitrogens is 1. The van der Waals surface area contributed by atoms with Crippen molar-refractivity contribution in [3.63, 3.8) is 0 Å². The van der Waals surface area contributed by atoms with Crippen LogP contribution in [0.5, 0.6) is 0 Å². The first-order chi connectivity index (χ1) is 13.2. The summed E-state index contributed by atoms with van der Waals surface area (Å²) in [5.74, 6) is -0.141. The van der Waals surface area contributed by atoms with Gasteiger partial charge in [0.25, 0.3) is 5.91 Å². The largest absolute Gasteiger partial charge is 0.459 e. The van der Waals surface area contributed by atoms with Crippen molar-refractivity contribution in [2.45, 2.75) is 18.8 Å². The van der Waals surface area contributed by atoms with Crippen LogP contribution in [0.1, 0.15) is 34.3 Å². The fourth-order valence-corrected chi connectivity index (χ4v) is 4.56. The Morgan fingerprint density at radius 1 is 1.22 bits per heavy atom. The van der Waals surface area contributed by atoms with Gasteiger partial charge in [-0.15, -0.1) is 11.3 Å². The van der Waals surface area contributed by atoms with Crippen molar-refractivity contribution in [2.24, 2.45) is 0 Å². The highest BCUT2D eigenvalue weighted by molar-refractivity contribution is 7.18. The Morgan fingerprint density at radius 2 is 2.11 bits per heavy atom. The second-order valence-corrected chi connectivity index (χ2v) is 7.78. The van der Waals surface area contributed by atoms with Gasteiger partial charge < -0.3 is 9.32 Å². The van der Waals surface area contributed by atoms with Gasteiger partial charge in [0.1, 0.15) is 5.01 Å². The molecule has 2 amide bonds. The number of piperidine rings is 1. The van der Waals surface area contributed by atoms with Gasteiger partial charge >= 0.3 is 5.91 Å². The molecule has 8 heteroatoms. The highest BCUT2D eigenvalue weighted by Gasteiger charge is 2.28. The van der Waals surface area contributed by atoms with Crippen molar-refractivity contribution in [1.29, 1.82) is 0 Å². The molecule has 1 aliphatic rings. The lowest BCUT2D eigenvalue weighted by molar-refractivity contribution is -0.898. The second kappa shape index (κ2) is 7.89. The molecule has 0 spiro atoms. The minimum atomic E-state index is -0.464. The number of likely N-dealkylation sites (tertiary alicyclic amines) is 1. The van der Waals surface area contributed by atoms with Crippen LogP contribution in [0, 0.1) is 0 Å². The van der Waals surface area contributed by atoms with Crippen molar-refractivity contribution in [1.82, 2.24) is 15.8 Å². The molecule has 0 aliphatic carbocycles. The molecule has 1 fully saturated rings. The van der Waals surface area contributed by atoms with Crippen LogP contribution < -0.4 is 15.8 Å². The number of hydrogen-bond acceptors (Lipinski definition) is 5. The van der Waals surface area contributed by atoms with Crippen LogP contribution >= 0.6 is 11.3 Å². The Bertz CT molecular complexity index is 904. The number of para-hydroxylation sites is 1. The van der Waals surface area contributed by atoms with E-state index in [1.165, 1.54) is 15.9 Å². The number of nitrogens with one attached hydrogen (secondary N) is 3. The number of amides is 2. The summed E-state index contributed by atoms with van der Waals surface area (Å²) in [4.78, 5) is 29.9. The fourth-order valence-electron chi connectivity index (χ4n) is 3.45.